The maximum atomic E-state index is 13.1. The van der Waals surface area contributed by atoms with E-state index in [1.54, 1.807) is 6.07 Å². The topological polar surface area (TPSA) is 16.1 Å². The van der Waals surface area contributed by atoms with Crippen LogP contribution < -0.4 is 4.90 Å². The highest BCUT2D eigenvalue weighted by molar-refractivity contribution is 5.38. The van der Waals surface area contributed by atoms with Crippen molar-refractivity contribution in [3.63, 3.8) is 0 Å². The van der Waals surface area contributed by atoms with Gasteiger partial charge in [0.05, 0.1) is 0 Å². The Hall–Kier alpha value is -1.12. The smallest absolute Gasteiger partial charge is 0.214 e. The van der Waals surface area contributed by atoms with Gasteiger partial charge in [0.25, 0.3) is 0 Å². The molecule has 0 aromatic carbocycles. The summed E-state index contributed by atoms with van der Waals surface area (Å²) in [4.78, 5) is 6.21. The first-order valence-corrected chi connectivity index (χ1v) is 6.50. The highest BCUT2D eigenvalue weighted by atomic mass is 19.1. The van der Waals surface area contributed by atoms with E-state index in [0.29, 0.717) is 5.41 Å². The summed E-state index contributed by atoms with van der Waals surface area (Å²) in [7, 11) is 0. The lowest BCUT2D eigenvalue weighted by Gasteiger charge is -2.41. The summed E-state index contributed by atoms with van der Waals surface area (Å²) in [5, 5.41) is 0. The number of nitrogens with zero attached hydrogens (tertiary/aromatic N) is 2. The van der Waals surface area contributed by atoms with Gasteiger partial charge in [0.2, 0.25) is 5.95 Å². The average Bonchev–Trinajstić information content (AvgIpc) is 2.29. The van der Waals surface area contributed by atoms with Crippen LogP contribution in [0.3, 0.4) is 0 Å². The quantitative estimate of drug-likeness (QED) is 0.745. The summed E-state index contributed by atoms with van der Waals surface area (Å²) < 4.78 is 13.1. The van der Waals surface area contributed by atoms with Crippen molar-refractivity contribution in [1.29, 1.82) is 0 Å². The van der Waals surface area contributed by atoms with Gasteiger partial charge in [0, 0.05) is 13.1 Å². The Morgan fingerprint density at radius 1 is 1.47 bits per heavy atom. The van der Waals surface area contributed by atoms with Gasteiger partial charge >= 0.3 is 0 Å². The fraction of sp³-hybridized carbons (Fsp3) is 0.643. The molecular formula is C14H21FN2. The van der Waals surface area contributed by atoms with Gasteiger partial charge < -0.3 is 4.90 Å². The van der Waals surface area contributed by atoms with Gasteiger partial charge in [-0.3, -0.25) is 0 Å². The molecule has 1 aromatic rings. The second-order valence-corrected chi connectivity index (χ2v) is 5.40. The summed E-state index contributed by atoms with van der Waals surface area (Å²) in [5.41, 5.74) is 0.362. The van der Waals surface area contributed by atoms with Gasteiger partial charge in [-0.05, 0) is 36.8 Å². The Balaban J connectivity index is 2.12. The van der Waals surface area contributed by atoms with Crippen LogP contribution >= 0.6 is 0 Å². The van der Waals surface area contributed by atoms with Crippen molar-refractivity contribution < 1.29 is 4.39 Å². The molecule has 1 unspecified atom stereocenters. The third kappa shape index (κ3) is 2.96. The number of anilines is 1. The van der Waals surface area contributed by atoms with E-state index in [0.717, 1.165) is 18.9 Å². The highest BCUT2D eigenvalue weighted by Gasteiger charge is 2.30. The number of hydrogen-bond acceptors (Lipinski definition) is 2. The van der Waals surface area contributed by atoms with Gasteiger partial charge in [0.15, 0.2) is 0 Å². The first kappa shape index (κ1) is 12.3. The minimum atomic E-state index is -0.384. The van der Waals surface area contributed by atoms with Crippen LogP contribution in [-0.2, 0) is 0 Å². The lowest BCUT2D eigenvalue weighted by atomic mass is 9.78. The first-order chi connectivity index (χ1) is 8.13. The lowest BCUT2D eigenvalue weighted by Crippen LogP contribution is -2.42. The number of aromatic nitrogens is 1. The molecule has 0 aliphatic carbocycles. The van der Waals surface area contributed by atoms with Gasteiger partial charge in [-0.2, -0.15) is 4.39 Å². The Kier molecular flexibility index (Phi) is 3.65. The largest absolute Gasteiger partial charge is 0.356 e. The molecule has 1 aliphatic rings. The van der Waals surface area contributed by atoms with Crippen LogP contribution in [0.2, 0.25) is 0 Å². The molecular weight excluding hydrogens is 215 g/mol. The van der Waals surface area contributed by atoms with E-state index in [1.165, 1.54) is 31.7 Å². The zero-order valence-corrected chi connectivity index (χ0v) is 10.7. The zero-order valence-electron chi connectivity index (χ0n) is 10.7. The highest BCUT2D eigenvalue weighted by Crippen LogP contribution is 2.35. The van der Waals surface area contributed by atoms with Gasteiger partial charge in [-0.25, -0.2) is 4.98 Å². The molecule has 1 fully saturated rings. The molecule has 1 saturated heterocycles. The fourth-order valence-corrected chi connectivity index (χ4v) is 2.89. The predicted molar refractivity (Wildman–Crippen MR) is 68.7 cm³/mol. The van der Waals surface area contributed by atoms with E-state index in [1.807, 2.05) is 6.07 Å². The normalized spacial score (nSPS) is 25.0. The molecule has 1 atom stereocenters. The maximum Gasteiger partial charge on any atom is 0.214 e. The molecule has 3 heteroatoms. The molecule has 2 heterocycles. The predicted octanol–water partition coefficient (Wildman–Crippen LogP) is 3.63. The fourth-order valence-electron chi connectivity index (χ4n) is 2.89. The van der Waals surface area contributed by atoms with Crippen molar-refractivity contribution in [3.05, 3.63) is 24.1 Å². The van der Waals surface area contributed by atoms with Gasteiger partial charge in [-0.1, -0.05) is 26.3 Å². The second kappa shape index (κ2) is 5.03. The Bertz CT molecular complexity index is 376. The molecule has 0 radical (unpaired) electrons. The maximum absolute atomic E-state index is 13.1. The van der Waals surface area contributed by atoms with Crippen molar-refractivity contribution in [2.24, 2.45) is 5.41 Å². The van der Waals surface area contributed by atoms with Gasteiger partial charge in [-0.15, -0.1) is 0 Å². The van der Waals surface area contributed by atoms with Gasteiger partial charge in [0.1, 0.15) is 5.82 Å². The third-order valence-corrected chi connectivity index (χ3v) is 3.66. The van der Waals surface area contributed by atoms with Crippen molar-refractivity contribution in [2.75, 3.05) is 18.0 Å². The Morgan fingerprint density at radius 3 is 3.00 bits per heavy atom. The minimum absolute atomic E-state index is 0.362. The van der Waals surface area contributed by atoms with E-state index in [-0.39, 0.29) is 5.95 Å². The number of halogens is 1. The molecule has 94 valence electrons. The first-order valence-electron chi connectivity index (χ1n) is 6.50. The standard InChI is InChI=1S/C14H21FN2/c1-3-8-14(2)9-5-10-17(11-14)13-7-4-6-12(15)16-13/h4,6-7H,3,5,8-11H2,1-2H3. The molecule has 2 rings (SSSR count). The summed E-state index contributed by atoms with van der Waals surface area (Å²) >= 11 is 0. The van der Waals surface area contributed by atoms with Crippen LogP contribution in [0.4, 0.5) is 10.2 Å². The molecule has 0 N–H and O–H groups in total. The van der Waals surface area contributed by atoms with Crippen LogP contribution in [0.5, 0.6) is 0 Å². The molecule has 1 aliphatic heterocycles. The van der Waals surface area contributed by atoms with Crippen molar-refractivity contribution in [3.8, 4) is 0 Å². The Morgan fingerprint density at radius 2 is 2.29 bits per heavy atom. The van der Waals surface area contributed by atoms with Crippen LogP contribution in [0.1, 0.15) is 39.5 Å². The van der Waals surface area contributed by atoms with E-state index in [9.17, 15) is 4.39 Å². The molecule has 2 nitrogen and oxygen atoms in total. The van der Waals surface area contributed by atoms with Crippen LogP contribution in [0.15, 0.2) is 18.2 Å². The summed E-state index contributed by atoms with van der Waals surface area (Å²) in [6, 6.07) is 5.04. The monoisotopic (exact) mass is 236 g/mol. The minimum Gasteiger partial charge on any atom is -0.356 e. The molecule has 0 saturated carbocycles. The summed E-state index contributed by atoms with van der Waals surface area (Å²) in [6.45, 7) is 6.56. The summed E-state index contributed by atoms with van der Waals surface area (Å²) in [5.74, 6) is 0.400. The molecule has 1 aromatic heterocycles. The van der Waals surface area contributed by atoms with Crippen molar-refractivity contribution in [1.82, 2.24) is 4.98 Å². The number of piperidine rings is 1. The summed E-state index contributed by atoms with van der Waals surface area (Å²) in [6.07, 6.45) is 4.89. The van der Waals surface area contributed by atoms with Crippen LogP contribution in [0.25, 0.3) is 0 Å². The third-order valence-electron chi connectivity index (χ3n) is 3.66. The van der Waals surface area contributed by atoms with E-state index in [4.69, 9.17) is 0 Å². The van der Waals surface area contributed by atoms with Crippen LogP contribution in [0, 0.1) is 11.4 Å². The van der Waals surface area contributed by atoms with Crippen molar-refractivity contribution in [2.45, 2.75) is 39.5 Å². The van der Waals surface area contributed by atoms with Crippen LogP contribution in [-0.4, -0.2) is 18.1 Å². The van der Waals surface area contributed by atoms with E-state index >= 15 is 0 Å². The molecule has 0 amide bonds. The lowest BCUT2D eigenvalue weighted by molar-refractivity contribution is 0.238. The average molecular weight is 236 g/mol. The molecule has 17 heavy (non-hydrogen) atoms. The van der Waals surface area contributed by atoms with Crippen molar-refractivity contribution >= 4 is 5.82 Å². The molecule has 0 spiro atoms. The number of rotatable bonds is 3. The Labute approximate surface area is 103 Å². The zero-order chi connectivity index (χ0) is 12.3. The van der Waals surface area contributed by atoms with E-state index in [2.05, 4.69) is 23.7 Å². The second-order valence-electron chi connectivity index (χ2n) is 5.40. The number of hydrogen-bond donors (Lipinski definition) is 0. The van der Waals surface area contributed by atoms with E-state index < -0.39 is 0 Å². The number of pyridine rings is 1. The SMILES string of the molecule is CCCC1(C)CCCN(c2cccc(F)n2)C1. The molecule has 0 bridgehead atoms.